The highest BCUT2D eigenvalue weighted by Gasteiger charge is 2.20. The molecule has 0 aliphatic rings. The first-order valence-electron chi connectivity index (χ1n) is 11.0. The van der Waals surface area contributed by atoms with Crippen LogP contribution in [0.1, 0.15) is 29.8 Å². The number of hydrogen-bond acceptors (Lipinski definition) is 6. The number of aromatic nitrogens is 4. The molecule has 0 aliphatic carbocycles. The predicted octanol–water partition coefficient (Wildman–Crippen LogP) is 7.12. The Balaban J connectivity index is 1.59. The molecule has 0 amide bonds. The molecule has 2 aromatic heterocycles. The molecule has 0 bridgehead atoms. The number of benzene rings is 3. The molecule has 0 atom stereocenters. The van der Waals surface area contributed by atoms with Crippen LogP contribution in [0.3, 0.4) is 0 Å². The number of aromatic amines is 2. The van der Waals surface area contributed by atoms with Crippen LogP contribution in [0.2, 0.25) is 0 Å². The highest BCUT2D eigenvalue weighted by Crippen LogP contribution is 2.36. The SMILES string of the molecule is Cc1c(-c2ccc(-c3ccccc3-c3nc(=S)o[nH]3)cc2)cc(C(=O)O)c2[nH]c(SC(C)C)nc12. The van der Waals surface area contributed by atoms with Gasteiger partial charge in [0, 0.05) is 10.8 Å². The molecule has 5 aromatic rings. The Morgan fingerprint density at radius 3 is 2.29 bits per heavy atom. The van der Waals surface area contributed by atoms with Gasteiger partial charge in [-0.05, 0) is 53.0 Å². The number of nitrogens with zero attached hydrogens (tertiary/aromatic N) is 2. The molecule has 9 heteroatoms. The van der Waals surface area contributed by atoms with Crippen LogP contribution in [0, 0.1) is 11.8 Å². The second kappa shape index (κ2) is 9.16. The second-order valence-electron chi connectivity index (χ2n) is 8.39. The van der Waals surface area contributed by atoms with Gasteiger partial charge in [-0.1, -0.05) is 74.1 Å². The quantitative estimate of drug-likeness (QED) is 0.168. The van der Waals surface area contributed by atoms with E-state index in [0.29, 0.717) is 22.1 Å². The van der Waals surface area contributed by atoms with Crippen molar-refractivity contribution in [1.82, 2.24) is 20.1 Å². The molecular weight excluding hydrogens is 480 g/mol. The zero-order chi connectivity index (χ0) is 24.7. The molecule has 2 heterocycles. The van der Waals surface area contributed by atoms with Crippen LogP contribution in [0.5, 0.6) is 0 Å². The lowest BCUT2D eigenvalue weighted by Crippen LogP contribution is -2.00. The van der Waals surface area contributed by atoms with Crippen molar-refractivity contribution in [3.05, 3.63) is 70.6 Å². The lowest BCUT2D eigenvalue weighted by Gasteiger charge is -2.11. The highest BCUT2D eigenvalue weighted by atomic mass is 32.2. The molecule has 0 fully saturated rings. The molecule has 0 radical (unpaired) electrons. The normalized spacial score (nSPS) is 11.4. The fraction of sp³-hybridized carbons (Fsp3) is 0.154. The van der Waals surface area contributed by atoms with Crippen molar-refractivity contribution in [3.8, 4) is 33.6 Å². The van der Waals surface area contributed by atoms with E-state index in [1.54, 1.807) is 17.8 Å². The number of nitrogens with one attached hydrogen (secondary N) is 2. The molecule has 176 valence electrons. The summed E-state index contributed by atoms with van der Waals surface area (Å²) in [5, 5.41) is 13.7. The van der Waals surface area contributed by atoms with Gasteiger partial charge in [0.1, 0.15) is 0 Å². The maximum atomic E-state index is 12.1. The molecule has 0 unspecified atom stereocenters. The van der Waals surface area contributed by atoms with Crippen LogP contribution in [0.25, 0.3) is 44.7 Å². The van der Waals surface area contributed by atoms with Gasteiger partial charge in [-0.15, -0.1) is 0 Å². The van der Waals surface area contributed by atoms with Gasteiger partial charge in [0.05, 0.1) is 16.6 Å². The Kier molecular flexibility index (Phi) is 6.04. The molecular formula is C26H22N4O3S2. The van der Waals surface area contributed by atoms with E-state index < -0.39 is 5.97 Å². The van der Waals surface area contributed by atoms with Crippen molar-refractivity contribution in [2.24, 2.45) is 0 Å². The van der Waals surface area contributed by atoms with Crippen LogP contribution in [0.15, 0.2) is 64.3 Å². The van der Waals surface area contributed by atoms with Crippen LogP contribution in [0.4, 0.5) is 0 Å². The Morgan fingerprint density at radius 2 is 1.69 bits per heavy atom. The van der Waals surface area contributed by atoms with Crippen LogP contribution in [-0.2, 0) is 0 Å². The highest BCUT2D eigenvalue weighted by molar-refractivity contribution is 7.99. The Labute approximate surface area is 210 Å². The van der Waals surface area contributed by atoms with Gasteiger partial charge in [-0.25, -0.2) is 14.9 Å². The van der Waals surface area contributed by atoms with Gasteiger partial charge >= 0.3 is 10.8 Å². The third-order valence-corrected chi connectivity index (χ3v) is 6.77. The van der Waals surface area contributed by atoms with E-state index in [1.165, 1.54) is 0 Å². The first-order valence-corrected chi connectivity index (χ1v) is 12.3. The van der Waals surface area contributed by atoms with Crippen molar-refractivity contribution in [2.45, 2.75) is 31.2 Å². The Morgan fingerprint density at radius 1 is 1.03 bits per heavy atom. The van der Waals surface area contributed by atoms with Crippen LogP contribution in [-0.4, -0.2) is 36.4 Å². The summed E-state index contributed by atoms with van der Waals surface area (Å²) in [6.45, 7) is 6.12. The Hall–Kier alpha value is -3.69. The zero-order valence-corrected chi connectivity index (χ0v) is 20.9. The molecule has 3 aromatic carbocycles. The number of imidazole rings is 1. The van der Waals surface area contributed by atoms with Crippen LogP contribution >= 0.6 is 24.0 Å². The number of carboxylic acids is 1. The number of H-pyrrole nitrogens is 2. The van der Waals surface area contributed by atoms with Crippen LogP contribution < -0.4 is 0 Å². The molecule has 0 saturated heterocycles. The maximum absolute atomic E-state index is 12.1. The summed E-state index contributed by atoms with van der Waals surface area (Å²) in [7, 11) is 0. The molecule has 0 saturated carbocycles. The summed E-state index contributed by atoms with van der Waals surface area (Å²) >= 11 is 6.58. The summed E-state index contributed by atoms with van der Waals surface area (Å²) in [6.07, 6.45) is 0. The number of aromatic carboxylic acids is 1. The molecule has 35 heavy (non-hydrogen) atoms. The molecule has 5 rings (SSSR count). The summed E-state index contributed by atoms with van der Waals surface area (Å²) in [5.41, 5.74) is 6.95. The van der Waals surface area contributed by atoms with Crippen molar-refractivity contribution < 1.29 is 14.4 Å². The number of hydrogen-bond donors (Lipinski definition) is 3. The minimum atomic E-state index is -0.989. The van der Waals surface area contributed by atoms with Gasteiger partial charge in [0.25, 0.3) is 0 Å². The van der Waals surface area contributed by atoms with Gasteiger partial charge in [0.15, 0.2) is 11.0 Å². The first kappa shape index (κ1) is 23.1. The lowest BCUT2D eigenvalue weighted by molar-refractivity contribution is 0.0699. The van der Waals surface area contributed by atoms with E-state index in [0.717, 1.165) is 38.5 Å². The van der Waals surface area contributed by atoms with Gasteiger partial charge in [-0.3, -0.25) is 0 Å². The monoisotopic (exact) mass is 502 g/mol. The van der Waals surface area contributed by atoms with E-state index in [-0.39, 0.29) is 10.4 Å². The average Bonchev–Trinajstić information content (AvgIpc) is 3.45. The van der Waals surface area contributed by atoms with Gasteiger partial charge in [-0.2, -0.15) is 4.98 Å². The number of fused-ring (bicyclic) bond motifs is 1. The molecule has 0 aliphatic heterocycles. The lowest BCUT2D eigenvalue weighted by atomic mass is 9.93. The molecule has 3 N–H and O–H groups in total. The smallest absolute Gasteiger partial charge is 0.337 e. The second-order valence-corrected chi connectivity index (χ2v) is 10.3. The standard InChI is InChI=1S/C26H22N4O3S2/c1-13(2)35-25-27-21-14(3)19(12-20(24(31)32)22(21)28-25)16-10-8-15(9-11-16)17-6-4-5-7-18(17)23-29-26(34)33-30-23/h4-13H,1-3H3,(H,27,28)(H,31,32)(H,29,30,34). The molecule has 0 spiro atoms. The number of carbonyl (C=O) groups is 1. The average molecular weight is 503 g/mol. The van der Waals surface area contributed by atoms with E-state index in [1.807, 2.05) is 55.5 Å². The predicted molar refractivity (Wildman–Crippen MR) is 140 cm³/mol. The van der Waals surface area contributed by atoms with E-state index >= 15 is 0 Å². The number of thioether (sulfide) groups is 1. The number of aryl methyl sites for hydroxylation is 1. The van der Waals surface area contributed by atoms with Gasteiger partial charge in [0.2, 0.25) is 0 Å². The van der Waals surface area contributed by atoms with Crippen molar-refractivity contribution in [1.29, 1.82) is 0 Å². The van der Waals surface area contributed by atoms with E-state index in [2.05, 4.69) is 29.0 Å². The van der Waals surface area contributed by atoms with Crippen molar-refractivity contribution in [3.63, 3.8) is 0 Å². The van der Waals surface area contributed by atoms with Crippen molar-refractivity contribution in [2.75, 3.05) is 0 Å². The zero-order valence-electron chi connectivity index (χ0n) is 19.2. The number of carboxylic acid groups (broad SMARTS) is 1. The third kappa shape index (κ3) is 4.40. The first-order chi connectivity index (χ1) is 16.8. The van der Waals surface area contributed by atoms with Crippen molar-refractivity contribution >= 4 is 41.0 Å². The Bertz CT molecular complexity index is 1610. The fourth-order valence-corrected chi connectivity index (χ4v) is 5.02. The maximum Gasteiger partial charge on any atom is 0.337 e. The van der Waals surface area contributed by atoms with Gasteiger partial charge < -0.3 is 14.6 Å². The third-order valence-electron chi connectivity index (χ3n) is 5.70. The van der Waals surface area contributed by atoms with E-state index in [9.17, 15) is 9.90 Å². The minimum absolute atomic E-state index is 0.151. The summed E-state index contributed by atoms with van der Waals surface area (Å²) in [5.74, 6) is -0.424. The summed E-state index contributed by atoms with van der Waals surface area (Å²) < 4.78 is 5.11. The summed E-state index contributed by atoms with van der Waals surface area (Å²) in [6, 6.07) is 17.6. The fourth-order valence-electron chi connectivity index (χ4n) is 4.13. The molecule has 7 nitrogen and oxygen atoms in total. The topological polar surface area (TPSA) is 108 Å². The largest absolute Gasteiger partial charge is 0.478 e. The number of rotatable bonds is 6. The summed E-state index contributed by atoms with van der Waals surface area (Å²) in [4.78, 5) is 24.4. The minimum Gasteiger partial charge on any atom is -0.478 e. The van der Waals surface area contributed by atoms with E-state index in [4.69, 9.17) is 21.7 Å².